The molecule has 2 aromatic rings. The summed E-state index contributed by atoms with van der Waals surface area (Å²) in [6.07, 6.45) is 1.62. The molecular formula is C14H14N4O2S. The van der Waals surface area contributed by atoms with Crippen LogP contribution in [0.3, 0.4) is 0 Å². The van der Waals surface area contributed by atoms with Gasteiger partial charge in [-0.1, -0.05) is 6.07 Å². The SMILES string of the molecule is Cc1ccc2c(c1)NCC(=O)N2CC(=O)Nc1nccs1. The van der Waals surface area contributed by atoms with Crippen LogP contribution in [0.25, 0.3) is 0 Å². The first-order valence-electron chi connectivity index (χ1n) is 6.48. The highest BCUT2D eigenvalue weighted by Gasteiger charge is 2.25. The summed E-state index contributed by atoms with van der Waals surface area (Å²) in [6.45, 7) is 2.16. The molecule has 6 nitrogen and oxygen atoms in total. The third-order valence-corrected chi connectivity index (χ3v) is 3.84. The van der Waals surface area contributed by atoms with Gasteiger partial charge in [-0.3, -0.25) is 14.5 Å². The number of fused-ring (bicyclic) bond motifs is 1. The van der Waals surface area contributed by atoms with Crippen molar-refractivity contribution in [3.8, 4) is 0 Å². The average Bonchev–Trinajstić information content (AvgIpc) is 2.95. The number of anilines is 3. The topological polar surface area (TPSA) is 74.3 Å². The van der Waals surface area contributed by atoms with E-state index in [9.17, 15) is 9.59 Å². The van der Waals surface area contributed by atoms with E-state index in [0.717, 1.165) is 16.9 Å². The summed E-state index contributed by atoms with van der Waals surface area (Å²) in [6, 6.07) is 5.74. The smallest absolute Gasteiger partial charge is 0.246 e. The van der Waals surface area contributed by atoms with E-state index in [0.29, 0.717) is 5.13 Å². The highest BCUT2D eigenvalue weighted by Crippen LogP contribution is 2.30. The van der Waals surface area contributed by atoms with Gasteiger partial charge in [-0.05, 0) is 24.6 Å². The maximum Gasteiger partial charge on any atom is 0.246 e. The number of hydrogen-bond acceptors (Lipinski definition) is 5. The molecule has 0 bridgehead atoms. The van der Waals surface area contributed by atoms with Crippen LogP contribution in [0.15, 0.2) is 29.8 Å². The Morgan fingerprint density at radius 2 is 2.38 bits per heavy atom. The van der Waals surface area contributed by atoms with Gasteiger partial charge in [0.15, 0.2) is 5.13 Å². The molecule has 0 aliphatic carbocycles. The Kier molecular flexibility index (Phi) is 3.57. The number of aromatic nitrogens is 1. The molecule has 2 heterocycles. The Hall–Kier alpha value is -2.41. The largest absolute Gasteiger partial charge is 0.374 e. The molecule has 108 valence electrons. The van der Waals surface area contributed by atoms with Crippen LogP contribution in [0, 0.1) is 6.92 Å². The highest BCUT2D eigenvalue weighted by atomic mass is 32.1. The molecule has 0 fully saturated rings. The molecule has 0 atom stereocenters. The van der Waals surface area contributed by atoms with Crippen LogP contribution >= 0.6 is 11.3 Å². The molecule has 1 aromatic carbocycles. The monoisotopic (exact) mass is 302 g/mol. The number of thiazole rings is 1. The van der Waals surface area contributed by atoms with Gasteiger partial charge in [0.1, 0.15) is 6.54 Å². The number of hydrogen-bond donors (Lipinski definition) is 2. The van der Waals surface area contributed by atoms with Gasteiger partial charge in [-0.25, -0.2) is 4.98 Å². The highest BCUT2D eigenvalue weighted by molar-refractivity contribution is 7.13. The van der Waals surface area contributed by atoms with E-state index in [4.69, 9.17) is 0 Å². The molecule has 1 aromatic heterocycles. The lowest BCUT2D eigenvalue weighted by atomic mass is 10.1. The number of carbonyl (C=O) groups is 2. The molecule has 0 spiro atoms. The van der Waals surface area contributed by atoms with Crippen molar-refractivity contribution < 1.29 is 9.59 Å². The van der Waals surface area contributed by atoms with Crippen LogP contribution in [0.5, 0.6) is 0 Å². The zero-order chi connectivity index (χ0) is 14.8. The summed E-state index contributed by atoms with van der Waals surface area (Å²) in [4.78, 5) is 29.6. The standard InChI is InChI=1S/C14H14N4O2S/c1-9-2-3-11-10(6-9)16-7-13(20)18(11)8-12(19)17-14-15-4-5-21-14/h2-6,16H,7-8H2,1H3,(H,15,17,19). The lowest BCUT2D eigenvalue weighted by Crippen LogP contribution is -2.44. The zero-order valence-electron chi connectivity index (χ0n) is 11.4. The van der Waals surface area contributed by atoms with E-state index in [1.54, 1.807) is 11.6 Å². The fourth-order valence-corrected chi connectivity index (χ4v) is 2.73. The van der Waals surface area contributed by atoms with E-state index in [1.807, 2.05) is 25.1 Å². The van der Waals surface area contributed by atoms with Gasteiger partial charge in [0.05, 0.1) is 17.9 Å². The molecule has 1 aliphatic heterocycles. The predicted octanol–water partition coefficient (Wildman–Crippen LogP) is 1.85. The third-order valence-electron chi connectivity index (χ3n) is 3.15. The second kappa shape index (κ2) is 5.53. The quantitative estimate of drug-likeness (QED) is 0.907. The second-order valence-corrected chi connectivity index (χ2v) is 5.63. The molecule has 0 saturated heterocycles. The van der Waals surface area contributed by atoms with Crippen molar-refractivity contribution in [2.45, 2.75) is 6.92 Å². The average molecular weight is 302 g/mol. The first kappa shape index (κ1) is 13.6. The summed E-state index contributed by atoms with van der Waals surface area (Å²) < 4.78 is 0. The van der Waals surface area contributed by atoms with Crippen molar-refractivity contribution in [1.29, 1.82) is 0 Å². The summed E-state index contributed by atoms with van der Waals surface area (Å²) in [5.74, 6) is -0.382. The molecule has 0 radical (unpaired) electrons. The molecule has 3 rings (SSSR count). The van der Waals surface area contributed by atoms with Gasteiger partial charge in [0, 0.05) is 11.6 Å². The number of rotatable bonds is 3. The fraction of sp³-hybridized carbons (Fsp3) is 0.214. The normalized spacial score (nSPS) is 13.6. The molecule has 2 amide bonds. The van der Waals surface area contributed by atoms with E-state index >= 15 is 0 Å². The summed E-state index contributed by atoms with van der Waals surface area (Å²) in [5, 5.41) is 8.07. The Balaban J connectivity index is 1.78. The number of nitrogens with one attached hydrogen (secondary N) is 2. The fourth-order valence-electron chi connectivity index (χ4n) is 2.19. The first-order chi connectivity index (χ1) is 10.1. The van der Waals surface area contributed by atoms with E-state index < -0.39 is 0 Å². The second-order valence-electron chi connectivity index (χ2n) is 4.74. The van der Waals surface area contributed by atoms with Gasteiger partial charge in [-0.2, -0.15) is 0 Å². The molecular weight excluding hydrogens is 288 g/mol. The van der Waals surface area contributed by atoms with E-state index in [1.165, 1.54) is 16.2 Å². The molecule has 7 heteroatoms. The van der Waals surface area contributed by atoms with Crippen molar-refractivity contribution in [2.75, 3.05) is 28.6 Å². The van der Waals surface area contributed by atoms with E-state index in [-0.39, 0.29) is 24.9 Å². The van der Waals surface area contributed by atoms with Gasteiger partial charge in [0.2, 0.25) is 11.8 Å². The van der Waals surface area contributed by atoms with Crippen LogP contribution in [0.2, 0.25) is 0 Å². The number of nitrogens with zero attached hydrogens (tertiary/aromatic N) is 2. The van der Waals surface area contributed by atoms with E-state index in [2.05, 4.69) is 15.6 Å². The minimum absolute atomic E-state index is 0.0177. The van der Waals surface area contributed by atoms with Crippen molar-refractivity contribution in [3.05, 3.63) is 35.3 Å². The minimum Gasteiger partial charge on any atom is -0.374 e. The van der Waals surface area contributed by atoms with Crippen LogP contribution in [0.4, 0.5) is 16.5 Å². The summed E-state index contributed by atoms with van der Waals surface area (Å²) in [5.41, 5.74) is 2.70. The Labute approximate surface area is 125 Å². The van der Waals surface area contributed by atoms with Gasteiger partial charge in [-0.15, -0.1) is 11.3 Å². The van der Waals surface area contributed by atoms with Crippen LogP contribution in [-0.2, 0) is 9.59 Å². The van der Waals surface area contributed by atoms with Crippen LogP contribution in [0.1, 0.15) is 5.56 Å². The van der Waals surface area contributed by atoms with Crippen molar-refractivity contribution in [1.82, 2.24) is 4.98 Å². The molecule has 21 heavy (non-hydrogen) atoms. The maximum atomic E-state index is 12.1. The van der Waals surface area contributed by atoms with Crippen LogP contribution in [-0.4, -0.2) is 29.9 Å². The van der Waals surface area contributed by atoms with Crippen molar-refractivity contribution >= 4 is 39.7 Å². The molecule has 1 aliphatic rings. The van der Waals surface area contributed by atoms with Crippen molar-refractivity contribution in [2.24, 2.45) is 0 Å². The number of amides is 2. The lowest BCUT2D eigenvalue weighted by Gasteiger charge is -2.29. The molecule has 2 N–H and O–H groups in total. The maximum absolute atomic E-state index is 12.1. The minimum atomic E-state index is -0.258. The Morgan fingerprint density at radius 1 is 1.52 bits per heavy atom. The van der Waals surface area contributed by atoms with Gasteiger partial charge >= 0.3 is 0 Å². The lowest BCUT2D eigenvalue weighted by molar-refractivity contribution is -0.120. The van der Waals surface area contributed by atoms with Gasteiger partial charge in [0.25, 0.3) is 0 Å². The third kappa shape index (κ3) is 2.87. The Morgan fingerprint density at radius 3 is 3.14 bits per heavy atom. The van der Waals surface area contributed by atoms with Crippen LogP contribution < -0.4 is 15.5 Å². The first-order valence-corrected chi connectivity index (χ1v) is 7.36. The summed E-state index contributed by atoms with van der Waals surface area (Å²) >= 11 is 1.34. The number of benzene rings is 1. The Bertz CT molecular complexity index is 684. The van der Waals surface area contributed by atoms with Crippen molar-refractivity contribution in [3.63, 3.8) is 0 Å². The molecule has 0 saturated carbocycles. The number of carbonyl (C=O) groups excluding carboxylic acids is 2. The summed E-state index contributed by atoms with van der Waals surface area (Å²) in [7, 11) is 0. The molecule has 0 unspecified atom stereocenters. The predicted molar refractivity (Wildman–Crippen MR) is 82.8 cm³/mol. The van der Waals surface area contributed by atoms with Gasteiger partial charge < -0.3 is 10.6 Å². The zero-order valence-corrected chi connectivity index (χ0v) is 12.2. The number of aryl methyl sites for hydroxylation is 1.